The second kappa shape index (κ2) is 9.87. The third-order valence-electron chi connectivity index (χ3n) is 4.88. The van der Waals surface area contributed by atoms with Crippen molar-refractivity contribution in [1.29, 1.82) is 0 Å². The average molecular weight is 531 g/mol. The Morgan fingerprint density at radius 1 is 1.06 bits per heavy atom. The highest BCUT2D eigenvalue weighted by atomic mass is 35.5. The van der Waals surface area contributed by atoms with Gasteiger partial charge in [-0.05, 0) is 43.3 Å². The van der Waals surface area contributed by atoms with Crippen LogP contribution in [0.2, 0.25) is 5.02 Å². The van der Waals surface area contributed by atoms with Crippen molar-refractivity contribution in [3.63, 3.8) is 0 Å². The fourth-order valence-corrected chi connectivity index (χ4v) is 4.52. The van der Waals surface area contributed by atoms with Gasteiger partial charge in [0, 0.05) is 16.3 Å². The molecule has 0 aliphatic carbocycles. The number of hydrogen-bond donors (Lipinski definition) is 2. The van der Waals surface area contributed by atoms with E-state index in [1.165, 1.54) is 19.2 Å². The van der Waals surface area contributed by atoms with Gasteiger partial charge in [0.2, 0.25) is 0 Å². The number of amides is 3. The number of nitrogens with one attached hydrogen (secondary N) is 2. The first-order chi connectivity index (χ1) is 16.7. The van der Waals surface area contributed by atoms with Crippen LogP contribution in [0.15, 0.2) is 59.3 Å². The Morgan fingerprint density at radius 2 is 1.80 bits per heavy atom. The van der Waals surface area contributed by atoms with Crippen LogP contribution in [0.25, 0.3) is 0 Å². The summed E-state index contributed by atoms with van der Waals surface area (Å²) in [6.45, 7) is 1.63. The molecule has 2 heterocycles. The van der Waals surface area contributed by atoms with Gasteiger partial charge in [-0.15, -0.1) is 0 Å². The lowest BCUT2D eigenvalue weighted by Crippen LogP contribution is -2.32. The Hall–Kier alpha value is -3.73. The number of carbonyl (C=O) groups excluding carboxylic acids is 4. The predicted molar refractivity (Wildman–Crippen MR) is 133 cm³/mol. The van der Waals surface area contributed by atoms with Crippen LogP contribution in [0, 0.1) is 6.92 Å². The number of anilines is 3. The van der Waals surface area contributed by atoms with Gasteiger partial charge >= 0.3 is 5.97 Å². The topological polar surface area (TPSA) is 118 Å². The molecule has 0 radical (unpaired) electrons. The Labute approximate surface area is 213 Å². The summed E-state index contributed by atoms with van der Waals surface area (Å²) in [5.41, 5.74) is 1.17. The number of aryl methyl sites for hydroxylation is 1. The molecule has 9 nitrogen and oxygen atoms in total. The monoisotopic (exact) mass is 530 g/mol. The summed E-state index contributed by atoms with van der Waals surface area (Å²) in [6, 6.07) is 12.5. The largest absolute Gasteiger partial charge is 0.465 e. The fraction of sp³-hybridized carbons (Fsp3) is 0.0870. The Morgan fingerprint density at radius 3 is 2.51 bits per heavy atom. The molecule has 0 saturated heterocycles. The lowest BCUT2D eigenvalue weighted by molar-refractivity contribution is -0.120. The van der Waals surface area contributed by atoms with Crippen LogP contribution in [0.5, 0.6) is 0 Å². The van der Waals surface area contributed by atoms with Gasteiger partial charge in [-0.25, -0.2) is 14.7 Å². The van der Waals surface area contributed by atoms with Crippen molar-refractivity contribution in [3.8, 4) is 0 Å². The van der Waals surface area contributed by atoms with E-state index in [-0.39, 0.29) is 32.0 Å². The molecule has 35 heavy (non-hydrogen) atoms. The number of esters is 1. The third kappa shape index (κ3) is 4.90. The molecule has 0 spiro atoms. The SMILES string of the molecule is COC(=O)c1sc(NC(=O)c2cccc(NC3=C(Cl)C(=O)N(c4cccc(Cl)c4)C3=O)c2)nc1C. The van der Waals surface area contributed by atoms with E-state index in [1.54, 1.807) is 43.3 Å². The highest BCUT2D eigenvalue weighted by Crippen LogP contribution is 2.31. The first kappa shape index (κ1) is 24.4. The highest BCUT2D eigenvalue weighted by Gasteiger charge is 2.39. The number of thiazole rings is 1. The maximum absolute atomic E-state index is 12.9. The summed E-state index contributed by atoms with van der Waals surface area (Å²) in [5.74, 6) is -2.39. The van der Waals surface area contributed by atoms with Crippen LogP contribution in [0.4, 0.5) is 16.5 Å². The van der Waals surface area contributed by atoms with Crippen LogP contribution >= 0.6 is 34.5 Å². The second-order valence-corrected chi connectivity index (χ2v) is 9.01. The summed E-state index contributed by atoms with van der Waals surface area (Å²) < 4.78 is 4.70. The van der Waals surface area contributed by atoms with Crippen molar-refractivity contribution in [2.24, 2.45) is 0 Å². The normalized spacial score (nSPS) is 13.3. The molecular weight excluding hydrogens is 515 g/mol. The van der Waals surface area contributed by atoms with E-state index in [4.69, 9.17) is 27.9 Å². The molecule has 1 aromatic heterocycles. The van der Waals surface area contributed by atoms with Crippen molar-refractivity contribution < 1.29 is 23.9 Å². The lowest BCUT2D eigenvalue weighted by Gasteiger charge is -2.15. The van der Waals surface area contributed by atoms with Crippen molar-refractivity contribution in [3.05, 3.63) is 80.4 Å². The van der Waals surface area contributed by atoms with Gasteiger partial charge in [-0.3, -0.25) is 19.7 Å². The first-order valence-corrected chi connectivity index (χ1v) is 11.5. The van der Waals surface area contributed by atoms with Gasteiger partial charge < -0.3 is 10.1 Å². The quantitative estimate of drug-likeness (QED) is 0.353. The van der Waals surface area contributed by atoms with Crippen molar-refractivity contribution in [2.45, 2.75) is 6.92 Å². The molecule has 0 fully saturated rings. The lowest BCUT2D eigenvalue weighted by atomic mass is 10.2. The number of ether oxygens (including phenoxy) is 1. The number of aromatic nitrogens is 1. The Bertz CT molecular complexity index is 1420. The van der Waals surface area contributed by atoms with Crippen molar-refractivity contribution in [1.82, 2.24) is 4.98 Å². The van der Waals surface area contributed by atoms with E-state index >= 15 is 0 Å². The molecule has 3 aromatic rings. The average Bonchev–Trinajstić information content (AvgIpc) is 3.30. The molecule has 3 amide bonds. The molecule has 178 valence electrons. The van der Waals surface area contributed by atoms with E-state index in [0.717, 1.165) is 16.2 Å². The zero-order valence-corrected chi connectivity index (χ0v) is 20.5. The number of benzene rings is 2. The number of imide groups is 1. The number of rotatable bonds is 6. The molecule has 0 bridgehead atoms. The van der Waals surface area contributed by atoms with Crippen molar-refractivity contribution in [2.75, 3.05) is 22.6 Å². The number of methoxy groups -OCH3 is 1. The maximum Gasteiger partial charge on any atom is 0.350 e. The van der Waals surface area contributed by atoms with Gasteiger partial charge in [0.15, 0.2) is 5.13 Å². The van der Waals surface area contributed by atoms with E-state index < -0.39 is 23.7 Å². The minimum absolute atomic E-state index is 0.132. The van der Waals surface area contributed by atoms with E-state index in [0.29, 0.717) is 16.4 Å². The van der Waals surface area contributed by atoms with E-state index in [9.17, 15) is 19.2 Å². The molecular formula is C23H16Cl2N4O5S. The van der Waals surface area contributed by atoms with Crippen LogP contribution in [-0.4, -0.2) is 35.8 Å². The minimum atomic E-state index is -0.698. The second-order valence-electron chi connectivity index (χ2n) is 7.20. The van der Waals surface area contributed by atoms with Crippen LogP contribution in [0.1, 0.15) is 25.7 Å². The summed E-state index contributed by atoms with van der Waals surface area (Å²) >= 11 is 13.1. The zero-order valence-electron chi connectivity index (χ0n) is 18.2. The van der Waals surface area contributed by atoms with Gasteiger partial charge in [0.25, 0.3) is 17.7 Å². The number of halogens is 2. The summed E-state index contributed by atoms with van der Waals surface area (Å²) in [7, 11) is 1.26. The van der Waals surface area contributed by atoms with Gasteiger partial charge in [0.1, 0.15) is 15.6 Å². The molecule has 1 aliphatic rings. The zero-order chi connectivity index (χ0) is 25.3. The van der Waals surface area contributed by atoms with E-state index in [1.807, 2.05) is 0 Å². The molecule has 0 atom stereocenters. The number of nitrogens with zero attached hydrogens (tertiary/aromatic N) is 2. The summed E-state index contributed by atoms with van der Waals surface area (Å²) in [4.78, 5) is 55.5. The van der Waals surface area contributed by atoms with Crippen LogP contribution in [-0.2, 0) is 14.3 Å². The van der Waals surface area contributed by atoms with Gasteiger partial charge in [0.05, 0.1) is 18.5 Å². The molecule has 2 N–H and O–H groups in total. The molecule has 1 aliphatic heterocycles. The Balaban J connectivity index is 1.52. The molecule has 4 rings (SSSR count). The maximum atomic E-state index is 12.9. The minimum Gasteiger partial charge on any atom is -0.465 e. The summed E-state index contributed by atoms with van der Waals surface area (Å²) in [6.07, 6.45) is 0. The third-order valence-corrected chi connectivity index (χ3v) is 6.51. The van der Waals surface area contributed by atoms with Crippen molar-refractivity contribution >= 4 is 74.7 Å². The number of carbonyl (C=O) groups is 4. The molecule has 12 heteroatoms. The standard InChI is InChI=1S/C23H16Cl2N4O5S/c1-11-18(22(33)34-2)35-23(26-11)28-19(30)12-5-3-7-14(9-12)27-17-16(25)20(31)29(21(17)32)15-8-4-6-13(24)10-15/h3-10,27H,1-2H3,(H,26,28,30). The fourth-order valence-electron chi connectivity index (χ4n) is 3.24. The summed E-state index contributed by atoms with van der Waals surface area (Å²) in [5, 5.41) is 5.75. The molecule has 0 saturated carbocycles. The van der Waals surface area contributed by atoms with Crippen LogP contribution in [0.3, 0.4) is 0 Å². The number of hydrogen-bond acceptors (Lipinski definition) is 8. The van der Waals surface area contributed by atoms with E-state index in [2.05, 4.69) is 15.6 Å². The predicted octanol–water partition coefficient (Wildman–Crippen LogP) is 4.58. The van der Waals surface area contributed by atoms with Crippen LogP contribution < -0.4 is 15.5 Å². The van der Waals surface area contributed by atoms with Gasteiger partial charge in [-0.1, -0.05) is 46.7 Å². The smallest absolute Gasteiger partial charge is 0.350 e. The molecule has 0 unspecified atom stereocenters. The first-order valence-electron chi connectivity index (χ1n) is 9.98. The Kier molecular flexibility index (Phi) is 6.88. The highest BCUT2D eigenvalue weighted by molar-refractivity contribution is 7.17. The molecule has 2 aromatic carbocycles. The van der Waals surface area contributed by atoms with Gasteiger partial charge in [-0.2, -0.15) is 0 Å².